The number of carbonyl (C=O) groups is 1. The molecular weight excluding hydrogens is 380 g/mol. The van der Waals surface area contributed by atoms with E-state index in [-0.39, 0.29) is 10.8 Å². The second-order valence-electron chi connectivity index (χ2n) is 6.00. The maximum absolute atomic E-state index is 12.5. The molecule has 0 radical (unpaired) electrons. The first kappa shape index (κ1) is 18.4. The first-order valence-corrected chi connectivity index (χ1v) is 10.6. The maximum Gasteiger partial charge on any atom is 0.253 e. The third kappa shape index (κ3) is 4.06. The van der Waals surface area contributed by atoms with E-state index in [0.29, 0.717) is 29.5 Å². The van der Waals surface area contributed by atoms with Gasteiger partial charge in [0.1, 0.15) is 0 Å². The van der Waals surface area contributed by atoms with E-state index in [2.05, 4.69) is 0 Å². The molecule has 2 heterocycles. The molecule has 0 spiro atoms. The third-order valence-corrected chi connectivity index (χ3v) is 7.30. The molecule has 25 heavy (non-hydrogen) atoms. The summed E-state index contributed by atoms with van der Waals surface area (Å²) in [5.74, 6) is -0.158. The number of rotatable bonds is 5. The van der Waals surface area contributed by atoms with Crippen molar-refractivity contribution in [1.29, 1.82) is 0 Å². The second-order valence-corrected chi connectivity index (χ2v) is 9.74. The number of sulfonamides is 1. The van der Waals surface area contributed by atoms with Gasteiger partial charge in [-0.1, -0.05) is 11.6 Å². The summed E-state index contributed by atoms with van der Waals surface area (Å²) in [6, 6.07) is 9.86. The van der Waals surface area contributed by atoms with Crippen LogP contribution in [-0.4, -0.2) is 43.7 Å². The number of amides is 1. The van der Waals surface area contributed by atoms with Gasteiger partial charge >= 0.3 is 0 Å². The van der Waals surface area contributed by atoms with E-state index >= 15 is 0 Å². The van der Waals surface area contributed by atoms with Gasteiger partial charge < -0.3 is 4.90 Å². The van der Waals surface area contributed by atoms with E-state index in [1.807, 2.05) is 6.07 Å². The lowest BCUT2D eigenvalue weighted by Gasteiger charge is -2.18. The molecule has 134 valence electrons. The summed E-state index contributed by atoms with van der Waals surface area (Å²) in [6.07, 6.45) is 1.79. The molecule has 1 aliphatic heterocycles. The number of hydrogen-bond acceptors (Lipinski definition) is 4. The van der Waals surface area contributed by atoms with Crippen LogP contribution >= 0.6 is 22.9 Å². The van der Waals surface area contributed by atoms with Gasteiger partial charge in [0.2, 0.25) is 10.0 Å². The Kier molecular flexibility index (Phi) is 5.48. The Morgan fingerprint density at radius 2 is 1.80 bits per heavy atom. The van der Waals surface area contributed by atoms with Crippen LogP contribution < -0.4 is 0 Å². The molecule has 1 fully saturated rings. The van der Waals surface area contributed by atoms with Crippen LogP contribution in [0, 0.1) is 0 Å². The molecule has 8 heteroatoms. The molecule has 0 atom stereocenters. The molecule has 5 nitrogen and oxygen atoms in total. The van der Waals surface area contributed by atoms with Gasteiger partial charge in [0.25, 0.3) is 5.91 Å². The highest BCUT2D eigenvalue weighted by Gasteiger charge is 2.27. The van der Waals surface area contributed by atoms with Crippen LogP contribution in [0.3, 0.4) is 0 Å². The van der Waals surface area contributed by atoms with E-state index in [4.69, 9.17) is 11.6 Å². The van der Waals surface area contributed by atoms with Crippen LogP contribution in [0.25, 0.3) is 0 Å². The lowest BCUT2D eigenvalue weighted by Crippen LogP contribution is -2.28. The summed E-state index contributed by atoms with van der Waals surface area (Å²) in [5, 5.41) is 0. The molecule has 0 unspecified atom stereocenters. The highest BCUT2D eigenvalue weighted by atomic mass is 35.5. The molecule has 0 aliphatic carbocycles. The Balaban J connectivity index is 1.72. The van der Waals surface area contributed by atoms with Crippen molar-refractivity contribution in [2.75, 3.05) is 20.1 Å². The third-order valence-electron chi connectivity index (χ3n) is 4.17. The molecule has 0 bridgehead atoms. The zero-order valence-electron chi connectivity index (χ0n) is 13.8. The van der Waals surface area contributed by atoms with E-state index in [1.165, 1.54) is 27.8 Å². The number of thiophene rings is 1. The first-order valence-electron chi connectivity index (χ1n) is 7.98. The Morgan fingerprint density at radius 3 is 2.36 bits per heavy atom. The van der Waals surface area contributed by atoms with E-state index in [0.717, 1.165) is 17.7 Å². The minimum absolute atomic E-state index is 0.158. The summed E-state index contributed by atoms with van der Waals surface area (Å²) >= 11 is 7.34. The lowest BCUT2D eigenvalue weighted by atomic mass is 10.2. The number of hydrogen-bond donors (Lipinski definition) is 0. The van der Waals surface area contributed by atoms with E-state index < -0.39 is 10.0 Å². The van der Waals surface area contributed by atoms with Crippen molar-refractivity contribution in [1.82, 2.24) is 9.21 Å². The van der Waals surface area contributed by atoms with Gasteiger partial charge in [0.05, 0.1) is 15.8 Å². The molecule has 3 rings (SSSR count). The van der Waals surface area contributed by atoms with Crippen molar-refractivity contribution in [3.8, 4) is 0 Å². The second kappa shape index (κ2) is 7.45. The van der Waals surface area contributed by atoms with Crippen LogP contribution in [0.2, 0.25) is 4.34 Å². The Bertz CT molecular complexity index is 856. The van der Waals surface area contributed by atoms with E-state index in [9.17, 15) is 13.2 Å². The van der Waals surface area contributed by atoms with Crippen molar-refractivity contribution in [3.05, 3.63) is 51.2 Å². The average Bonchev–Trinajstić information content (AvgIpc) is 3.26. The molecule has 2 aromatic rings. The van der Waals surface area contributed by atoms with Gasteiger partial charge in [-0.25, -0.2) is 8.42 Å². The summed E-state index contributed by atoms with van der Waals surface area (Å²) in [4.78, 5) is 15.3. The van der Waals surface area contributed by atoms with Gasteiger partial charge in [0.15, 0.2) is 0 Å². The molecule has 1 saturated heterocycles. The van der Waals surface area contributed by atoms with Crippen molar-refractivity contribution in [2.24, 2.45) is 0 Å². The normalized spacial score (nSPS) is 15.4. The largest absolute Gasteiger partial charge is 0.337 e. The Labute approximate surface area is 156 Å². The minimum atomic E-state index is -3.45. The Morgan fingerprint density at radius 1 is 1.16 bits per heavy atom. The number of benzene rings is 1. The highest BCUT2D eigenvalue weighted by molar-refractivity contribution is 7.89. The zero-order chi connectivity index (χ0) is 18.0. The zero-order valence-corrected chi connectivity index (χ0v) is 16.2. The predicted octanol–water partition coefficient (Wildman–Crippen LogP) is 3.46. The van der Waals surface area contributed by atoms with Crippen LogP contribution in [0.5, 0.6) is 0 Å². The van der Waals surface area contributed by atoms with Crippen LogP contribution in [-0.2, 0) is 16.6 Å². The van der Waals surface area contributed by atoms with Crippen LogP contribution in [0.1, 0.15) is 28.1 Å². The van der Waals surface area contributed by atoms with Gasteiger partial charge in [0, 0.05) is 30.6 Å². The fourth-order valence-corrected chi connectivity index (χ4v) is 5.47. The summed E-state index contributed by atoms with van der Waals surface area (Å²) in [6.45, 7) is 1.59. The minimum Gasteiger partial charge on any atom is -0.337 e. The predicted molar refractivity (Wildman–Crippen MR) is 99.6 cm³/mol. The summed E-state index contributed by atoms with van der Waals surface area (Å²) < 4.78 is 27.2. The van der Waals surface area contributed by atoms with Gasteiger partial charge in [-0.2, -0.15) is 4.31 Å². The monoisotopic (exact) mass is 398 g/mol. The van der Waals surface area contributed by atoms with Crippen molar-refractivity contribution < 1.29 is 13.2 Å². The van der Waals surface area contributed by atoms with Crippen molar-refractivity contribution >= 4 is 38.9 Å². The molecule has 1 aromatic heterocycles. The van der Waals surface area contributed by atoms with Gasteiger partial charge in [-0.3, -0.25) is 4.79 Å². The molecule has 0 saturated carbocycles. The molecular formula is C17H19ClN2O3S2. The maximum atomic E-state index is 12.5. The summed E-state index contributed by atoms with van der Waals surface area (Å²) in [5.41, 5.74) is 0.463. The molecule has 0 N–H and O–H groups in total. The fourth-order valence-electron chi connectivity index (χ4n) is 2.81. The molecule has 1 amide bonds. The van der Waals surface area contributed by atoms with Crippen LogP contribution in [0.4, 0.5) is 0 Å². The molecule has 1 aromatic carbocycles. The standard InChI is InChI=1S/C17H19ClN2O3S2/c1-19(12-14-6-9-16(18)24-14)17(21)13-4-7-15(8-5-13)25(22,23)20-10-2-3-11-20/h4-9H,2-3,10-12H2,1H3. The van der Waals surface area contributed by atoms with E-state index in [1.54, 1.807) is 30.1 Å². The lowest BCUT2D eigenvalue weighted by molar-refractivity contribution is 0.0786. The summed E-state index contributed by atoms with van der Waals surface area (Å²) in [7, 11) is -1.74. The molecule has 1 aliphatic rings. The number of nitrogens with zero attached hydrogens (tertiary/aromatic N) is 2. The topological polar surface area (TPSA) is 57.7 Å². The SMILES string of the molecule is CN(Cc1ccc(Cl)s1)C(=O)c1ccc(S(=O)(=O)N2CCCC2)cc1. The van der Waals surface area contributed by atoms with Gasteiger partial charge in [-0.05, 0) is 49.2 Å². The highest BCUT2D eigenvalue weighted by Crippen LogP contribution is 2.24. The van der Waals surface area contributed by atoms with Crippen molar-refractivity contribution in [3.63, 3.8) is 0 Å². The Hall–Kier alpha value is -1.41. The quantitative estimate of drug-likeness (QED) is 0.774. The smallest absolute Gasteiger partial charge is 0.253 e. The van der Waals surface area contributed by atoms with Gasteiger partial charge in [-0.15, -0.1) is 11.3 Å². The first-order chi connectivity index (χ1) is 11.9. The number of carbonyl (C=O) groups excluding carboxylic acids is 1. The fraction of sp³-hybridized carbons (Fsp3) is 0.353. The average molecular weight is 399 g/mol. The number of halogens is 1. The van der Waals surface area contributed by atoms with Crippen LogP contribution in [0.15, 0.2) is 41.3 Å². The van der Waals surface area contributed by atoms with Crippen molar-refractivity contribution in [2.45, 2.75) is 24.3 Å².